The molecule has 4 nitrogen and oxygen atoms in total. The molecule has 0 heterocycles. The van der Waals surface area contributed by atoms with Gasteiger partial charge in [0.2, 0.25) is 0 Å². The molecule has 52 valence electrons. The van der Waals surface area contributed by atoms with Gasteiger partial charge in [-0.05, 0) is 12.2 Å². The fourth-order valence-corrected chi connectivity index (χ4v) is 0.523. The summed E-state index contributed by atoms with van der Waals surface area (Å²) in [5, 5.41) is 20.7. The average molecular weight is 152 g/mol. The van der Waals surface area contributed by atoms with Gasteiger partial charge in [0, 0.05) is 0 Å². The first-order valence-corrected chi connectivity index (χ1v) is 2.47. The summed E-state index contributed by atoms with van der Waals surface area (Å²) in [6.07, 6.45) is 1.01. The second kappa shape index (κ2) is 5.29. The molecule has 1 rings (SSSR count). The average Bonchev–Trinajstić information content (AvgIpc) is 1.84. The van der Waals surface area contributed by atoms with E-state index in [1.54, 1.807) is 0 Å². The topological polar surface area (TPSA) is 80.3 Å². The van der Waals surface area contributed by atoms with Crippen molar-refractivity contribution < 1.29 is 57.5 Å². The van der Waals surface area contributed by atoms with Crippen LogP contribution >= 0.6 is 0 Å². The summed E-state index contributed by atoms with van der Waals surface area (Å²) in [4.78, 5) is 20.7. The zero-order valence-electron chi connectivity index (χ0n) is 6.79. The second-order valence-electron chi connectivity index (χ2n) is 1.75. The number of carbonyl (C=O) groups excluding carboxylic acids is 2. The molecule has 0 atom stereocenters. The van der Waals surface area contributed by atoms with E-state index in [9.17, 15) is 19.8 Å². The van der Waals surface area contributed by atoms with E-state index in [0.717, 1.165) is 0 Å². The van der Waals surface area contributed by atoms with Crippen LogP contribution in [0.4, 0.5) is 0 Å². The number of hydrogen-bond donors (Lipinski definition) is 0. The zero-order chi connectivity index (χ0) is 7.72. The van der Waals surface area contributed by atoms with Crippen molar-refractivity contribution in [2.45, 2.75) is 0 Å². The molecule has 12 heavy (non-hydrogen) atoms. The van der Waals surface area contributed by atoms with Crippen LogP contribution in [0.2, 0.25) is 0 Å². The predicted molar refractivity (Wildman–Crippen MR) is 26.2 cm³/mol. The molecular weight excluding hydrogens is 150 g/mol. The van der Waals surface area contributed by atoms with E-state index < -0.39 is 23.1 Å². The van der Waals surface area contributed by atoms with Crippen molar-refractivity contribution in [2.75, 3.05) is 0 Å². The van der Waals surface area contributed by atoms with Crippen molar-refractivity contribution in [3.05, 3.63) is 23.7 Å². The van der Waals surface area contributed by atoms with Crippen molar-refractivity contribution in [1.29, 1.82) is 0 Å². The molecule has 0 N–H and O–H groups in total. The van der Waals surface area contributed by atoms with E-state index in [1.807, 2.05) is 0 Å². The van der Waals surface area contributed by atoms with Gasteiger partial charge >= 0.3 is 37.7 Å². The third kappa shape index (κ3) is 2.93. The molecule has 0 fully saturated rings. The van der Waals surface area contributed by atoms with E-state index in [0.29, 0.717) is 12.2 Å². The summed E-state index contributed by atoms with van der Waals surface area (Å²) in [7, 11) is 0. The van der Waals surface area contributed by atoms with Gasteiger partial charge < -0.3 is 10.2 Å². The molecule has 1 aliphatic rings. The van der Waals surface area contributed by atoms with Crippen LogP contribution in [-0.2, 0) is 9.59 Å². The van der Waals surface area contributed by atoms with Gasteiger partial charge in [0.25, 0.3) is 0 Å². The molecule has 6 heteroatoms. The molecule has 0 aromatic carbocycles. The number of rotatable bonds is 0. The Balaban J connectivity index is 0. The zero-order valence-corrected chi connectivity index (χ0v) is 6.79. The van der Waals surface area contributed by atoms with Crippen LogP contribution in [0.5, 0.6) is 0 Å². The van der Waals surface area contributed by atoms with E-state index in [1.165, 1.54) is 0 Å². The van der Waals surface area contributed by atoms with Crippen LogP contribution in [0, 0.1) is 0 Å². The van der Waals surface area contributed by atoms with Gasteiger partial charge in [-0.15, -0.1) is 0 Å². The van der Waals surface area contributed by atoms with E-state index in [4.69, 9.17) is 0 Å². The molecule has 0 bridgehead atoms. The molecule has 0 aromatic heterocycles. The molecule has 0 unspecified atom stereocenters. The molecule has 0 saturated heterocycles. The Morgan fingerprint density at radius 2 is 1.08 bits per heavy atom. The Hall–Kier alpha value is -0.385. The Kier molecular flexibility index (Phi) is 6.25. The molecular formula is C6H2Li2O4. The van der Waals surface area contributed by atoms with Gasteiger partial charge in [0.05, 0.1) is 0 Å². The Morgan fingerprint density at radius 1 is 0.833 bits per heavy atom. The molecule has 0 radical (unpaired) electrons. The van der Waals surface area contributed by atoms with Crippen molar-refractivity contribution in [3.8, 4) is 0 Å². The number of carbonyl (C=O) groups is 2. The van der Waals surface area contributed by atoms with E-state index >= 15 is 0 Å². The normalized spacial score (nSPS) is 15.3. The van der Waals surface area contributed by atoms with Gasteiger partial charge in [-0.1, -0.05) is 11.5 Å². The first-order valence-electron chi connectivity index (χ1n) is 2.47. The summed E-state index contributed by atoms with van der Waals surface area (Å²) in [5.41, 5.74) is 0. The minimum atomic E-state index is -0.926. The Labute approximate surface area is 92.7 Å². The van der Waals surface area contributed by atoms with Crippen molar-refractivity contribution in [3.63, 3.8) is 0 Å². The number of ketones is 2. The van der Waals surface area contributed by atoms with Crippen LogP contribution in [-0.4, -0.2) is 11.6 Å². The van der Waals surface area contributed by atoms with Crippen LogP contribution in [0.3, 0.4) is 0 Å². The first-order chi connectivity index (χ1) is 4.61. The van der Waals surface area contributed by atoms with Gasteiger partial charge in [-0.3, -0.25) is 9.59 Å². The maximum atomic E-state index is 10.3. The standard InChI is InChI=1S/C6H4O4.2Li/c7-3-1-4(8)6(10)2-5(3)9;;/h1-2,7,10H;;/q;2*+1/p-2. The first kappa shape index (κ1) is 14.2. The second-order valence-corrected chi connectivity index (χ2v) is 1.75. The fourth-order valence-electron chi connectivity index (χ4n) is 0.523. The largest absolute Gasteiger partial charge is 1.00 e. The summed E-state index contributed by atoms with van der Waals surface area (Å²) in [5.74, 6) is -3.71. The van der Waals surface area contributed by atoms with Gasteiger partial charge in [0.15, 0.2) is 11.6 Å². The third-order valence-corrected chi connectivity index (χ3v) is 1.01. The number of hydrogen-bond acceptors (Lipinski definition) is 4. The molecule has 0 spiro atoms. The van der Waals surface area contributed by atoms with Gasteiger partial charge in [-0.25, -0.2) is 0 Å². The fraction of sp³-hybridized carbons (Fsp3) is 0. The minimum absolute atomic E-state index is 0. The van der Waals surface area contributed by atoms with Crippen LogP contribution < -0.4 is 47.9 Å². The predicted octanol–water partition coefficient (Wildman–Crippen LogP) is -8.37. The van der Waals surface area contributed by atoms with E-state index in [2.05, 4.69) is 0 Å². The minimum Gasteiger partial charge on any atom is -0.870 e. The molecule has 0 aromatic rings. The molecule has 0 amide bonds. The number of allylic oxidation sites excluding steroid dienone is 2. The van der Waals surface area contributed by atoms with Crippen LogP contribution in [0.25, 0.3) is 0 Å². The maximum absolute atomic E-state index is 10.3. The van der Waals surface area contributed by atoms with Crippen molar-refractivity contribution >= 4 is 11.6 Å². The van der Waals surface area contributed by atoms with Crippen LogP contribution in [0.15, 0.2) is 23.7 Å². The Morgan fingerprint density at radius 3 is 1.33 bits per heavy atom. The molecule has 0 aliphatic heterocycles. The summed E-state index contributed by atoms with van der Waals surface area (Å²) in [6.45, 7) is 0. The van der Waals surface area contributed by atoms with Gasteiger partial charge in [-0.2, -0.15) is 0 Å². The van der Waals surface area contributed by atoms with Crippen LogP contribution in [0.1, 0.15) is 0 Å². The van der Waals surface area contributed by atoms with Crippen molar-refractivity contribution in [2.24, 2.45) is 0 Å². The van der Waals surface area contributed by atoms with Gasteiger partial charge in [0.1, 0.15) is 0 Å². The van der Waals surface area contributed by atoms with Crippen molar-refractivity contribution in [1.82, 2.24) is 0 Å². The third-order valence-electron chi connectivity index (χ3n) is 1.01. The smallest absolute Gasteiger partial charge is 0.870 e. The van der Waals surface area contributed by atoms with E-state index in [-0.39, 0.29) is 37.7 Å². The SMILES string of the molecule is O=C1C=C([O-])C(=O)C=C1[O-].[Li+].[Li+]. The monoisotopic (exact) mass is 152 g/mol. The molecule has 0 saturated carbocycles. The summed E-state index contributed by atoms with van der Waals surface area (Å²) in [6, 6.07) is 0. The Bertz CT molecular complexity index is 239. The maximum Gasteiger partial charge on any atom is 1.00 e. The summed E-state index contributed by atoms with van der Waals surface area (Å²) < 4.78 is 0. The quantitative estimate of drug-likeness (QED) is 0.255. The molecule has 1 aliphatic carbocycles. The summed E-state index contributed by atoms with van der Waals surface area (Å²) >= 11 is 0.